The summed E-state index contributed by atoms with van der Waals surface area (Å²) >= 11 is 0. The van der Waals surface area contributed by atoms with Crippen LogP contribution in [-0.2, 0) is 46.4 Å². The maximum Gasteiger partial charge on any atom is 0.451 e. The lowest BCUT2D eigenvalue weighted by Gasteiger charge is -2.30. The van der Waals surface area contributed by atoms with Crippen LogP contribution in [0.4, 0.5) is 31.1 Å². The Labute approximate surface area is 260 Å². The lowest BCUT2D eigenvalue weighted by atomic mass is 10.00. The number of carbonyl (C=O) groups excluding carboxylic acids is 3. The molecule has 0 bridgehead atoms. The zero-order chi connectivity index (χ0) is 33.8. The van der Waals surface area contributed by atoms with Crippen molar-refractivity contribution in [1.29, 1.82) is 0 Å². The molecule has 0 saturated carbocycles. The maximum atomic E-state index is 14.7. The molecule has 0 aliphatic carbocycles. The Hall–Kier alpha value is -4.63. The van der Waals surface area contributed by atoms with Crippen molar-refractivity contribution in [2.24, 2.45) is 0 Å². The number of nitrogens with zero attached hydrogens (tertiary/aromatic N) is 4. The van der Waals surface area contributed by atoms with Gasteiger partial charge in [0, 0.05) is 38.0 Å². The number of halogens is 6. The average Bonchev–Trinajstić information content (AvgIpc) is 3.39. The standard InChI is InChI=1S/C30H32F6N6O4/c1-29(2,3)46-28(45)38-23(11-17-7-5-4-6-8-17)26(44)37-19(12-18-13-21(32)22(33)15-20(18)31)14-25(43)41-9-10-42-24(16-41)39-40-27(42)30(34,35)36/h4-8,13,15,19,23H,9-12,14,16H2,1-3H3,(H,37,44)(H,38,45). The summed E-state index contributed by atoms with van der Waals surface area (Å²) in [6, 6.07) is 7.12. The van der Waals surface area contributed by atoms with E-state index >= 15 is 0 Å². The summed E-state index contributed by atoms with van der Waals surface area (Å²) in [5.41, 5.74) is -0.574. The highest BCUT2D eigenvalue weighted by Gasteiger charge is 2.40. The number of alkyl halides is 3. The molecule has 2 atom stereocenters. The van der Waals surface area contributed by atoms with Crippen LogP contribution in [0.5, 0.6) is 0 Å². The molecule has 1 aliphatic heterocycles. The highest BCUT2D eigenvalue weighted by atomic mass is 19.4. The van der Waals surface area contributed by atoms with Crippen molar-refractivity contribution in [3.05, 3.63) is 82.7 Å². The molecule has 3 amide bonds. The third kappa shape index (κ3) is 8.97. The molecule has 46 heavy (non-hydrogen) atoms. The van der Waals surface area contributed by atoms with Gasteiger partial charge in [-0.15, -0.1) is 10.2 Å². The molecule has 0 radical (unpaired) electrons. The third-order valence-corrected chi connectivity index (χ3v) is 6.97. The molecule has 1 aromatic heterocycles. The summed E-state index contributed by atoms with van der Waals surface area (Å²) in [7, 11) is 0. The number of benzene rings is 2. The first kappa shape index (κ1) is 34.2. The SMILES string of the molecule is CC(C)(C)OC(=O)NC(Cc1ccccc1)C(=O)NC(CC(=O)N1CCn2c(nnc2C(F)(F)F)C1)Cc1cc(F)c(F)cc1F. The molecular weight excluding hydrogens is 622 g/mol. The van der Waals surface area contributed by atoms with Gasteiger partial charge in [0.1, 0.15) is 17.5 Å². The number of rotatable bonds is 9. The fourth-order valence-electron chi connectivity index (χ4n) is 4.89. The Balaban J connectivity index is 1.57. The molecule has 16 heteroatoms. The van der Waals surface area contributed by atoms with E-state index in [-0.39, 0.29) is 37.4 Å². The Bertz CT molecular complexity index is 1570. The van der Waals surface area contributed by atoms with E-state index in [0.717, 1.165) is 4.57 Å². The molecule has 2 aromatic carbocycles. The monoisotopic (exact) mass is 654 g/mol. The van der Waals surface area contributed by atoms with E-state index in [4.69, 9.17) is 4.74 Å². The fourth-order valence-corrected chi connectivity index (χ4v) is 4.89. The molecule has 0 spiro atoms. The molecule has 0 saturated heterocycles. The van der Waals surface area contributed by atoms with Gasteiger partial charge in [-0.2, -0.15) is 13.2 Å². The van der Waals surface area contributed by atoms with Gasteiger partial charge in [-0.25, -0.2) is 18.0 Å². The summed E-state index contributed by atoms with van der Waals surface area (Å²) in [4.78, 5) is 40.8. The number of aromatic nitrogens is 3. The van der Waals surface area contributed by atoms with E-state index in [1.54, 1.807) is 51.1 Å². The highest BCUT2D eigenvalue weighted by Crippen LogP contribution is 2.29. The Kier molecular flexibility index (Phi) is 10.3. The van der Waals surface area contributed by atoms with Gasteiger partial charge in [-0.05, 0) is 44.4 Å². The van der Waals surface area contributed by atoms with Gasteiger partial charge >= 0.3 is 12.3 Å². The van der Waals surface area contributed by atoms with Gasteiger partial charge in [0.05, 0.1) is 6.54 Å². The predicted octanol–water partition coefficient (Wildman–Crippen LogP) is 4.31. The van der Waals surface area contributed by atoms with E-state index in [1.165, 1.54) is 4.90 Å². The number of hydrogen-bond donors (Lipinski definition) is 2. The zero-order valence-corrected chi connectivity index (χ0v) is 25.1. The molecule has 10 nitrogen and oxygen atoms in total. The van der Waals surface area contributed by atoms with Crippen LogP contribution in [0.1, 0.15) is 50.0 Å². The van der Waals surface area contributed by atoms with Crippen LogP contribution in [0.15, 0.2) is 42.5 Å². The van der Waals surface area contributed by atoms with Crippen molar-refractivity contribution in [3.8, 4) is 0 Å². The van der Waals surface area contributed by atoms with Crippen molar-refractivity contribution in [3.63, 3.8) is 0 Å². The summed E-state index contributed by atoms with van der Waals surface area (Å²) < 4.78 is 88.2. The van der Waals surface area contributed by atoms with Crippen LogP contribution < -0.4 is 10.6 Å². The van der Waals surface area contributed by atoms with Gasteiger partial charge in [-0.3, -0.25) is 9.59 Å². The summed E-state index contributed by atoms with van der Waals surface area (Å²) in [6.07, 6.45) is -6.62. The number of alkyl carbamates (subject to hydrolysis) is 1. The van der Waals surface area contributed by atoms with Crippen LogP contribution >= 0.6 is 0 Å². The topological polar surface area (TPSA) is 118 Å². The molecule has 2 unspecified atom stereocenters. The van der Waals surface area contributed by atoms with Gasteiger partial charge in [-0.1, -0.05) is 30.3 Å². The lowest BCUT2D eigenvalue weighted by molar-refractivity contribution is -0.148. The van der Waals surface area contributed by atoms with Crippen LogP contribution in [0.3, 0.4) is 0 Å². The number of carbonyl (C=O) groups is 3. The van der Waals surface area contributed by atoms with E-state index in [1.807, 2.05) is 0 Å². The predicted molar refractivity (Wildman–Crippen MR) is 150 cm³/mol. The minimum absolute atomic E-state index is 0.00452. The summed E-state index contributed by atoms with van der Waals surface area (Å²) in [5, 5.41) is 11.8. The van der Waals surface area contributed by atoms with E-state index < -0.39 is 77.9 Å². The van der Waals surface area contributed by atoms with Gasteiger partial charge in [0.2, 0.25) is 17.6 Å². The molecule has 1 aliphatic rings. The minimum atomic E-state index is -4.75. The molecule has 0 fully saturated rings. The first-order valence-electron chi connectivity index (χ1n) is 14.2. The van der Waals surface area contributed by atoms with Gasteiger partial charge in [0.15, 0.2) is 17.5 Å². The normalized spacial score (nSPS) is 14.7. The number of fused-ring (bicyclic) bond motifs is 1. The van der Waals surface area contributed by atoms with Crippen LogP contribution in [-0.4, -0.2) is 61.8 Å². The van der Waals surface area contributed by atoms with Crippen molar-refractivity contribution >= 4 is 17.9 Å². The fraction of sp³-hybridized carbons (Fsp3) is 0.433. The van der Waals surface area contributed by atoms with E-state index in [2.05, 4.69) is 20.8 Å². The molecule has 248 valence electrons. The molecule has 4 rings (SSSR count). The average molecular weight is 655 g/mol. The van der Waals surface area contributed by atoms with Crippen LogP contribution in [0.25, 0.3) is 0 Å². The maximum absolute atomic E-state index is 14.7. The largest absolute Gasteiger partial charge is 0.451 e. The molecule has 2 heterocycles. The van der Waals surface area contributed by atoms with Crippen LogP contribution in [0.2, 0.25) is 0 Å². The second-order valence-electron chi connectivity index (χ2n) is 11.8. The van der Waals surface area contributed by atoms with Crippen molar-refractivity contribution in [2.45, 2.75) is 77.0 Å². The highest BCUT2D eigenvalue weighted by molar-refractivity contribution is 5.87. The molecular formula is C30H32F6N6O4. The third-order valence-electron chi connectivity index (χ3n) is 6.97. The Morgan fingerprint density at radius 1 is 0.913 bits per heavy atom. The second-order valence-corrected chi connectivity index (χ2v) is 11.8. The second kappa shape index (κ2) is 13.8. The molecule has 2 N–H and O–H groups in total. The quantitative estimate of drug-likeness (QED) is 0.262. The van der Waals surface area contributed by atoms with Crippen molar-refractivity contribution < 1.29 is 45.5 Å². The smallest absolute Gasteiger partial charge is 0.444 e. The van der Waals surface area contributed by atoms with E-state index in [0.29, 0.717) is 17.7 Å². The number of amides is 3. The van der Waals surface area contributed by atoms with Gasteiger partial charge in [0.25, 0.3) is 0 Å². The summed E-state index contributed by atoms with van der Waals surface area (Å²) in [6.45, 7) is 4.16. The number of nitrogens with one attached hydrogen (secondary N) is 2. The first-order chi connectivity index (χ1) is 21.5. The summed E-state index contributed by atoms with van der Waals surface area (Å²) in [5.74, 6) is -6.64. The first-order valence-corrected chi connectivity index (χ1v) is 14.2. The zero-order valence-electron chi connectivity index (χ0n) is 25.1. The van der Waals surface area contributed by atoms with Crippen molar-refractivity contribution in [2.75, 3.05) is 6.54 Å². The van der Waals surface area contributed by atoms with Gasteiger partial charge < -0.3 is 24.8 Å². The van der Waals surface area contributed by atoms with E-state index in [9.17, 15) is 40.7 Å². The Morgan fingerprint density at radius 2 is 1.59 bits per heavy atom. The number of ether oxygens (including phenoxy) is 1. The lowest BCUT2D eigenvalue weighted by Crippen LogP contribution is -2.53. The Morgan fingerprint density at radius 3 is 2.24 bits per heavy atom. The molecule has 3 aromatic rings. The van der Waals surface area contributed by atoms with Crippen LogP contribution in [0, 0.1) is 17.5 Å². The van der Waals surface area contributed by atoms with Crippen molar-refractivity contribution in [1.82, 2.24) is 30.3 Å². The number of hydrogen-bond acceptors (Lipinski definition) is 6. The minimum Gasteiger partial charge on any atom is -0.444 e.